The molecule has 0 atom stereocenters. The number of halogens is 2. The summed E-state index contributed by atoms with van der Waals surface area (Å²) in [6.45, 7) is 1.65. The van der Waals surface area contributed by atoms with Crippen LogP contribution in [0.3, 0.4) is 0 Å². The van der Waals surface area contributed by atoms with Crippen molar-refractivity contribution in [2.45, 2.75) is 25.2 Å². The predicted molar refractivity (Wildman–Crippen MR) is 113 cm³/mol. The average molecular weight is 447 g/mol. The maximum atomic E-state index is 15.0. The molecule has 1 heterocycles. The molecule has 1 aliphatic rings. The molecule has 1 amide bonds. The fourth-order valence-electron chi connectivity index (χ4n) is 3.47. The molecule has 154 valence electrons. The fraction of sp³-hybridized carbons (Fsp3) is 0.190. The van der Waals surface area contributed by atoms with Gasteiger partial charge in [-0.2, -0.15) is 4.37 Å². The molecule has 2 aromatic carbocycles. The van der Waals surface area contributed by atoms with Gasteiger partial charge in [-0.05, 0) is 54.6 Å². The molecule has 1 saturated carbocycles. The van der Waals surface area contributed by atoms with Gasteiger partial charge in [0.05, 0.1) is 26.7 Å². The Morgan fingerprint density at radius 1 is 1.17 bits per heavy atom. The summed E-state index contributed by atoms with van der Waals surface area (Å²) in [5.74, 6) is -1.38. The summed E-state index contributed by atoms with van der Waals surface area (Å²) >= 11 is 7.45. The molecule has 4 rings (SSSR count). The number of nitrogens with one attached hydrogen (secondary N) is 1. The first-order valence-corrected chi connectivity index (χ1v) is 10.2. The van der Waals surface area contributed by atoms with Crippen LogP contribution in [0, 0.1) is 12.7 Å². The molecule has 1 aliphatic carbocycles. The Balaban J connectivity index is 1.71. The number of hydrogen-bond acceptors (Lipinski definition) is 4. The third-order valence-corrected chi connectivity index (χ3v) is 6.59. The summed E-state index contributed by atoms with van der Waals surface area (Å²) in [6.07, 6.45) is -0.0580. The van der Waals surface area contributed by atoms with Crippen molar-refractivity contribution in [3.8, 4) is 21.6 Å². The number of aryl methyl sites for hydroxylation is 1. The largest absolute Gasteiger partial charge is 0.481 e. The SMILES string of the molecule is Cc1nsc(-c2cc(F)c(-c3ccc(C4(C(=O)O)CC4)cc3)cc2Cl)c1NC(=O)O. The second kappa shape index (κ2) is 7.37. The van der Waals surface area contributed by atoms with Gasteiger partial charge in [-0.1, -0.05) is 35.9 Å². The zero-order chi connectivity index (χ0) is 21.6. The molecule has 1 aromatic heterocycles. The highest BCUT2D eigenvalue weighted by molar-refractivity contribution is 7.10. The second-order valence-electron chi connectivity index (χ2n) is 7.18. The van der Waals surface area contributed by atoms with Crippen LogP contribution < -0.4 is 5.32 Å². The predicted octanol–water partition coefficient (Wildman–Crippen LogP) is 5.78. The molecular formula is C21H16ClFN2O4S. The number of aliphatic carboxylic acids is 1. The van der Waals surface area contributed by atoms with Gasteiger partial charge < -0.3 is 10.2 Å². The van der Waals surface area contributed by atoms with E-state index in [0.717, 1.165) is 11.5 Å². The second-order valence-corrected chi connectivity index (χ2v) is 8.36. The molecule has 9 heteroatoms. The number of rotatable bonds is 5. The van der Waals surface area contributed by atoms with Gasteiger partial charge in [-0.3, -0.25) is 10.1 Å². The summed E-state index contributed by atoms with van der Waals surface area (Å²) in [4.78, 5) is 23.0. The average Bonchev–Trinajstić information content (AvgIpc) is 3.44. The highest BCUT2D eigenvalue weighted by atomic mass is 35.5. The lowest BCUT2D eigenvalue weighted by atomic mass is 9.93. The topological polar surface area (TPSA) is 99.5 Å². The Bertz CT molecular complexity index is 1170. The van der Waals surface area contributed by atoms with Crippen molar-refractivity contribution in [2.75, 3.05) is 5.32 Å². The van der Waals surface area contributed by atoms with Crippen LogP contribution in [0.5, 0.6) is 0 Å². The molecule has 3 aromatic rings. The van der Waals surface area contributed by atoms with Crippen LogP contribution in [0.1, 0.15) is 24.1 Å². The highest BCUT2D eigenvalue weighted by Crippen LogP contribution is 2.49. The highest BCUT2D eigenvalue weighted by Gasteiger charge is 2.51. The monoisotopic (exact) mass is 446 g/mol. The Morgan fingerprint density at radius 2 is 1.83 bits per heavy atom. The van der Waals surface area contributed by atoms with Crippen molar-refractivity contribution < 1.29 is 24.2 Å². The van der Waals surface area contributed by atoms with Crippen molar-refractivity contribution >= 4 is 40.9 Å². The van der Waals surface area contributed by atoms with Crippen molar-refractivity contribution in [3.63, 3.8) is 0 Å². The molecule has 0 saturated heterocycles. The number of amides is 1. The molecular weight excluding hydrogens is 431 g/mol. The Hall–Kier alpha value is -2.97. The van der Waals surface area contributed by atoms with Gasteiger partial charge in [-0.15, -0.1) is 0 Å². The summed E-state index contributed by atoms with van der Waals surface area (Å²) in [6, 6.07) is 9.51. The number of carboxylic acids is 1. The van der Waals surface area contributed by atoms with Gasteiger partial charge in [0, 0.05) is 11.1 Å². The van der Waals surface area contributed by atoms with Crippen LogP contribution in [0.2, 0.25) is 5.02 Å². The van der Waals surface area contributed by atoms with E-state index in [4.69, 9.17) is 16.7 Å². The van der Waals surface area contributed by atoms with Gasteiger partial charge in [0.15, 0.2) is 0 Å². The Labute approximate surface area is 180 Å². The summed E-state index contributed by atoms with van der Waals surface area (Å²) in [7, 11) is 0. The molecule has 0 unspecified atom stereocenters. The van der Waals surface area contributed by atoms with Crippen LogP contribution in [0.25, 0.3) is 21.6 Å². The molecule has 1 fully saturated rings. The third kappa shape index (κ3) is 3.42. The van der Waals surface area contributed by atoms with E-state index in [1.165, 1.54) is 12.1 Å². The molecule has 6 nitrogen and oxygen atoms in total. The lowest BCUT2D eigenvalue weighted by Gasteiger charge is -2.13. The van der Waals surface area contributed by atoms with Crippen molar-refractivity contribution in [1.29, 1.82) is 0 Å². The number of hydrogen-bond donors (Lipinski definition) is 3. The summed E-state index contributed by atoms with van der Waals surface area (Å²) in [5.41, 5.74) is 1.80. The van der Waals surface area contributed by atoms with E-state index in [9.17, 15) is 19.1 Å². The molecule has 0 bridgehead atoms. The van der Waals surface area contributed by atoms with E-state index >= 15 is 0 Å². The van der Waals surface area contributed by atoms with Crippen LogP contribution >= 0.6 is 23.1 Å². The number of benzene rings is 2. The smallest absolute Gasteiger partial charge is 0.409 e. The van der Waals surface area contributed by atoms with Crippen LogP contribution in [-0.4, -0.2) is 26.6 Å². The van der Waals surface area contributed by atoms with E-state index in [1.807, 2.05) is 0 Å². The third-order valence-electron chi connectivity index (χ3n) is 5.30. The van der Waals surface area contributed by atoms with Gasteiger partial charge in [0.25, 0.3) is 0 Å². The summed E-state index contributed by atoms with van der Waals surface area (Å²) < 4.78 is 19.1. The van der Waals surface area contributed by atoms with E-state index < -0.39 is 23.3 Å². The van der Waals surface area contributed by atoms with Crippen molar-refractivity contribution in [1.82, 2.24) is 4.37 Å². The zero-order valence-corrected chi connectivity index (χ0v) is 17.3. The normalized spacial score (nSPS) is 14.4. The molecule has 3 N–H and O–H groups in total. The lowest BCUT2D eigenvalue weighted by molar-refractivity contribution is -0.140. The molecule has 30 heavy (non-hydrogen) atoms. The number of nitrogens with zero attached hydrogens (tertiary/aromatic N) is 1. The van der Waals surface area contributed by atoms with Crippen LogP contribution in [0.4, 0.5) is 14.9 Å². The van der Waals surface area contributed by atoms with E-state index in [2.05, 4.69) is 9.69 Å². The minimum absolute atomic E-state index is 0.247. The maximum absolute atomic E-state index is 15.0. The molecule has 0 spiro atoms. The van der Waals surface area contributed by atoms with Crippen LogP contribution in [-0.2, 0) is 10.2 Å². The van der Waals surface area contributed by atoms with Gasteiger partial charge in [0.1, 0.15) is 5.82 Å². The first kappa shape index (κ1) is 20.3. The minimum atomic E-state index is -1.25. The Kier molecular flexibility index (Phi) is 4.99. The number of aromatic nitrogens is 1. The standard InChI is InChI=1S/C21H16ClFN2O4S/c1-10-17(24-20(28)29)18(30-25-10)14-9-16(23)13(8-15(14)22)11-2-4-12(5-3-11)21(6-7-21)19(26)27/h2-5,8-9,24H,6-7H2,1H3,(H,26,27)(H,28,29). The van der Waals surface area contributed by atoms with Crippen LogP contribution in [0.15, 0.2) is 36.4 Å². The van der Waals surface area contributed by atoms with Gasteiger partial charge >= 0.3 is 12.1 Å². The quantitative estimate of drug-likeness (QED) is 0.461. The van der Waals surface area contributed by atoms with Crippen molar-refractivity contribution in [2.24, 2.45) is 0 Å². The number of carbonyl (C=O) groups is 2. The zero-order valence-electron chi connectivity index (χ0n) is 15.7. The molecule has 0 aliphatic heterocycles. The first-order chi connectivity index (χ1) is 14.2. The van der Waals surface area contributed by atoms with Gasteiger partial charge in [0.2, 0.25) is 0 Å². The molecule has 0 radical (unpaired) electrons. The van der Waals surface area contributed by atoms with E-state index in [0.29, 0.717) is 40.1 Å². The van der Waals surface area contributed by atoms with Gasteiger partial charge in [-0.25, -0.2) is 9.18 Å². The fourth-order valence-corrected chi connectivity index (χ4v) is 4.66. The summed E-state index contributed by atoms with van der Waals surface area (Å²) in [5, 5.41) is 21.0. The number of carboxylic acid groups (broad SMARTS) is 2. The minimum Gasteiger partial charge on any atom is -0.481 e. The van der Waals surface area contributed by atoms with E-state index in [-0.39, 0.29) is 16.3 Å². The Morgan fingerprint density at radius 3 is 2.40 bits per heavy atom. The van der Waals surface area contributed by atoms with E-state index in [1.54, 1.807) is 31.2 Å². The number of anilines is 1. The maximum Gasteiger partial charge on any atom is 0.409 e. The first-order valence-electron chi connectivity index (χ1n) is 9.03. The lowest BCUT2D eigenvalue weighted by Crippen LogP contribution is -2.19. The van der Waals surface area contributed by atoms with Crippen molar-refractivity contribution in [3.05, 3.63) is 58.5 Å².